The van der Waals surface area contributed by atoms with E-state index in [-0.39, 0.29) is 22.7 Å². The summed E-state index contributed by atoms with van der Waals surface area (Å²) in [6, 6.07) is 0. The lowest BCUT2D eigenvalue weighted by Crippen LogP contribution is -2.18. The van der Waals surface area contributed by atoms with Crippen LogP contribution in [0.25, 0.3) is 11.2 Å². The molecule has 0 aliphatic carbocycles. The lowest BCUT2D eigenvalue weighted by atomic mass is 10.4. The zero-order valence-corrected chi connectivity index (χ0v) is 7.40. The van der Waals surface area contributed by atoms with Gasteiger partial charge >= 0.3 is 0 Å². The Balaban J connectivity index is 2.84. The molecule has 7 nitrogen and oxygen atoms in total. The Hall–Kier alpha value is -2.02. The number of anilines is 1. The summed E-state index contributed by atoms with van der Waals surface area (Å²) in [4.78, 5) is 25.7. The first-order valence-corrected chi connectivity index (χ1v) is 3.91. The Morgan fingerprint density at radius 2 is 2.29 bits per heavy atom. The second-order valence-electron chi connectivity index (χ2n) is 2.74. The van der Waals surface area contributed by atoms with Gasteiger partial charge in [0.25, 0.3) is 5.56 Å². The Morgan fingerprint density at radius 3 is 3.00 bits per heavy atom. The van der Waals surface area contributed by atoms with Gasteiger partial charge in [0.1, 0.15) is 0 Å². The number of H-pyrrole nitrogens is 1. The number of aromatic amines is 1. The summed E-state index contributed by atoms with van der Waals surface area (Å²) in [5.74, 6) is 5.29. The van der Waals surface area contributed by atoms with Gasteiger partial charge in [-0.3, -0.25) is 15.2 Å². The maximum Gasteiger partial charge on any atom is 0.280 e. The molecule has 0 saturated carbocycles. The molecule has 2 heterocycles. The van der Waals surface area contributed by atoms with Gasteiger partial charge in [-0.2, -0.15) is 4.98 Å². The van der Waals surface area contributed by atoms with Crippen LogP contribution in [0.5, 0.6) is 0 Å². The highest BCUT2D eigenvalue weighted by Crippen LogP contribution is 2.02. The predicted molar refractivity (Wildman–Crippen MR) is 50.5 cm³/mol. The van der Waals surface area contributed by atoms with Crippen molar-refractivity contribution in [3.05, 3.63) is 22.2 Å². The van der Waals surface area contributed by atoms with Gasteiger partial charge in [-0.05, 0) is 6.92 Å². The van der Waals surface area contributed by atoms with Crippen LogP contribution in [0.2, 0.25) is 0 Å². The Labute approximate surface area is 78.4 Å². The first-order valence-electron chi connectivity index (χ1n) is 3.91. The largest absolute Gasteiger partial charge is 0.294 e. The van der Waals surface area contributed by atoms with Crippen molar-refractivity contribution < 1.29 is 0 Å². The monoisotopic (exact) mass is 192 g/mol. The van der Waals surface area contributed by atoms with E-state index in [2.05, 4.69) is 25.4 Å². The van der Waals surface area contributed by atoms with Gasteiger partial charge in [0.2, 0.25) is 5.95 Å². The quantitative estimate of drug-likeness (QED) is 0.407. The van der Waals surface area contributed by atoms with Gasteiger partial charge < -0.3 is 0 Å². The summed E-state index contributed by atoms with van der Waals surface area (Å²) in [5, 5.41) is 0. The third-order valence-corrected chi connectivity index (χ3v) is 1.68. The van der Waals surface area contributed by atoms with Crippen LogP contribution in [-0.4, -0.2) is 19.9 Å². The van der Waals surface area contributed by atoms with Crippen LogP contribution in [0.3, 0.4) is 0 Å². The van der Waals surface area contributed by atoms with Crippen molar-refractivity contribution in [2.24, 2.45) is 5.84 Å². The maximum absolute atomic E-state index is 11.4. The van der Waals surface area contributed by atoms with E-state index in [1.165, 1.54) is 6.20 Å². The molecule has 0 atom stereocenters. The number of nitrogen functional groups attached to an aromatic ring is 1. The third kappa shape index (κ3) is 1.29. The van der Waals surface area contributed by atoms with Crippen LogP contribution in [0, 0.1) is 6.92 Å². The molecule has 0 fully saturated rings. The molecule has 72 valence electrons. The molecule has 4 N–H and O–H groups in total. The maximum atomic E-state index is 11.4. The number of aryl methyl sites for hydroxylation is 1. The number of nitrogens with one attached hydrogen (secondary N) is 2. The minimum Gasteiger partial charge on any atom is -0.294 e. The highest BCUT2D eigenvalue weighted by Gasteiger charge is 2.04. The van der Waals surface area contributed by atoms with Crippen molar-refractivity contribution in [1.29, 1.82) is 0 Å². The van der Waals surface area contributed by atoms with E-state index in [0.717, 1.165) is 0 Å². The molecule has 0 saturated heterocycles. The Bertz CT molecular complexity index is 533. The van der Waals surface area contributed by atoms with E-state index in [1.807, 2.05) is 0 Å². The Morgan fingerprint density at radius 1 is 1.50 bits per heavy atom. The molecule has 0 aromatic carbocycles. The summed E-state index contributed by atoms with van der Waals surface area (Å²) in [5.41, 5.74) is 3.06. The molecule has 2 aromatic heterocycles. The van der Waals surface area contributed by atoms with Crippen LogP contribution in [-0.2, 0) is 0 Å². The summed E-state index contributed by atoms with van der Waals surface area (Å²) in [6.45, 7) is 1.77. The highest BCUT2D eigenvalue weighted by atomic mass is 16.1. The van der Waals surface area contributed by atoms with E-state index in [0.29, 0.717) is 5.69 Å². The van der Waals surface area contributed by atoms with Crippen LogP contribution < -0.4 is 16.8 Å². The smallest absolute Gasteiger partial charge is 0.280 e. The molecule has 14 heavy (non-hydrogen) atoms. The normalized spacial score (nSPS) is 10.4. The topological polar surface area (TPSA) is 110 Å². The van der Waals surface area contributed by atoms with Crippen molar-refractivity contribution in [1.82, 2.24) is 19.9 Å². The van der Waals surface area contributed by atoms with Crippen LogP contribution in [0.4, 0.5) is 5.95 Å². The molecule has 0 radical (unpaired) electrons. The van der Waals surface area contributed by atoms with Crippen molar-refractivity contribution in [3.63, 3.8) is 0 Å². The summed E-state index contributed by atoms with van der Waals surface area (Å²) in [7, 11) is 0. The van der Waals surface area contributed by atoms with Gasteiger partial charge in [-0.25, -0.2) is 15.8 Å². The average molecular weight is 192 g/mol. The molecule has 0 unspecified atom stereocenters. The van der Waals surface area contributed by atoms with E-state index < -0.39 is 0 Å². The van der Waals surface area contributed by atoms with E-state index >= 15 is 0 Å². The van der Waals surface area contributed by atoms with E-state index in [4.69, 9.17) is 5.84 Å². The van der Waals surface area contributed by atoms with Crippen molar-refractivity contribution >= 4 is 17.1 Å². The van der Waals surface area contributed by atoms with Crippen LogP contribution >= 0.6 is 0 Å². The second-order valence-corrected chi connectivity index (χ2v) is 2.74. The first-order chi connectivity index (χ1) is 6.70. The SMILES string of the molecule is Cc1cnc2c(=O)[nH]c(NN)nc2n1. The molecule has 2 aromatic rings. The zero-order chi connectivity index (χ0) is 10.1. The van der Waals surface area contributed by atoms with E-state index in [9.17, 15) is 4.79 Å². The van der Waals surface area contributed by atoms with Crippen molar-refractivity contribution in [2.45, 2.75) is 6.92 Å². The lowest BCUT2D eigenvalue weighted by molar-refractivity contribution is 1.06. The molecular weight excluding hydrogens is 184 g/mol. The van der Waals surface area contributed by atoms with Gasteiger partial charge in [0.15, 0.2) is 11.2 Å². The average Bonchev–Trinajstić information content (AvgIpc) is 2.16. The highest BCUT2D eigenvalue weighted by molar-refractivity contribution is 5.69. The number of rotatable bonds is 1. The summed E-state index contributed by atoms with van der Waals surface area (Å²) >= 11 is 0. The molecular formula is C7H8N6O. The molecule has 0 spiro atoms. The number of nitrogens with zero attached hydrogens (tertiary/aromatic N) is 3. The lowest BCUT2D eigenvalue weighted by Gasteiger charge is -2.00. The number of hydrogen-bond acceptors (Lipinski definition) is 6. The predicted octanol–water partition coefficient (Wildman–Crippen LogP) is -0.693. The fourth-order valence-corrected chi connectivity index (χ4v) is 1.07. The van der Waals surface area contributed by atoms with Crippen molar-refractivity contribution in [3.8, 4) is 0 Å². The standard InChI is InChI=1S/C7H8N6O/c1-3-2-9-4-5(10-3)11-7(13-8)12-6(4)14/h2H,8H2,1H3,(H2,10,11,12,13,14). The summed E-state index contributed by atoms with van der Waals surface area (Å²) in [6.07, 6.45) is 1.51. The second kappa shape index (κ2) is 3.04. The van der Waals surface area contributed by atoms with E-state index in [1.54, 1.807) is 6.92 Å². The molecule has 0 bridgehead atoms. The summed E-state index contributed by atoms with van der Waals surface area (Å²) < 4.78 is 0. The number of aromatic nitrogens is 4. The fourth-order valence-electron chi connectivity index (χ4n) is 1.07. The molecule has 7 heteroatoms. The number of fused-ring (bicyclic) bond motifs is 1. The molecule has 0 amide bonds. The minimum atomic E-state index is -0.365. The number of hydrogen-bond donors (Lipinski definition) is 3. The van der Waals surface area contributed by atoms with Crippen LogP contribution in [0.15, 0.2) is 11.0 Å². The van der Waals surface area contributed by atoms with Crippen molar-refractivity contribution in [2.75, 3.05) is 5.43 Å². The van der Waals surface area contributed by atoms with Gasteiger partial charge in [-0.1, -0.05) is 0 Å². The van der Waals surface area contributed by atoms with Gasteiger partial charge in [-0.15, -0.1) is 0 Å². The first kappa shape index (κ1) is 8.57. The molecule has 0 aliphatic heterocycles. The van der Waals surface area contributed by atoms with Crippen LogP contribution in [0.1, 0.15) is 5.69 Å². The Kier molecular flexibility index (Phi) is 1.86. The van der Waals surface area contributed by atoms with Gasteiger partial charge in [0.05, 0.1) is 5.69 Å². The third-order valence-electron chi connectivity index (χ3n) is 1.68. The number of hydrazine groups is 1. The molecule has 0 aliphatic rings. The fraction of sp³-hybridized carbons (Fsp3) is 0.143. The molecule has 2 rings (SSSR count). The zero-order valence-electron chi connectivity index (χ0n) is 7.40. The number of nitrogens with two attached hydrogens (primary N) is 1. The van der Waals surface area contributed by atoms with Gasteiger partial charge in [0, 0.05) is 6.20 Å². The minimum absolute atomic E-state index is 0.169.